The Bertz CT molecular complexity index is 780. The van der Waals surface area contributed by atoms with E-state index < -0.39 is 0 Å². The van der Waals surface area contributed by atoms with Gasteiger partial charge in [0.1, 0.15) is 17.6 Å². The zero-order valence-electron chi connectivity index (χ0n) is 18.7. The van der Waals surface area contributed by atoms with Crippen molar-refractivity contribution in [3.63, 3.8) is 0 Å². The van der Waals surface area contributed by atoms with Gasteiger partial charge in [0.05, 0.1) is 18.8 Å². The maximum Gasteiger partial charge on any atom is 0.257 e. The zero-order chi connectivity index (χ0) is 21.8. The number of likely N-dealkylation sites (tertiary alicyclic amines) is 1. The first-order chi connectivity index (χ1) is 15.0. The van der Waals surface area contributed by atoms with E-state index in [-0.39, 0.29) is 24.0 Å². The van der Waals surface area contributed by atoms with Gasteiger partial charge < -0.3 is 24.0 Å². The Morgan fingerprint density at radius 1 is 1.13 bits per heavy atom. The molecule has 0 aromatic heterocycles. The van der Waals surface area contributed by atoms with Crippen LogP contribution in [0.2, 0.25) is 0 Å². The molecule has 0 bridgehead atoms. The number of ether oxygens (including phenoxy) is 3. The van der Waals surface area contributed by atoms with Crippen LogP contribution in [0.1, 0.15) is 55.3 Å². The molecule has 4 rings (SSSR count). The lowest BCUT2D eigenvalue weighted by molar-refractivity contribution is -0.134. The van der Waals surface area contributed by atoms with Gasteiger partial charge in [-0.15, -0.1) is 0 Å². The third-order valence-corrected chi connectivity index (χ3v) is 6.49. The number of methoxy groups -OCH3 is 1. The molecule has 7 heteroatoms. The molecule has 1 atom stereocenters. The summed E-state index contributed by atoms with van der Waals surface area (Å²) in [5.74, 6) is 1.67. The quantitative estimate of drug-likeness (QED) is 0.665. The lowest BCUT2D eigenvalue weighted by Crippen LogP contribution is -2.42. The number of carbonyl (C=O) groups is 2. The molecular weight excluding hydrogens is 396 g/mol. The summed E-state index contributed by atoms with van der Waals surface area (Å²) in [4.78, 5) is 29.2. The lowest BCUT2D eigenvalue weighted by atomic mass is 10.1. The Balaban J connectivity index is 1.40. The van der Waals surface area contributed by atoms with Gasteiger partial charge in [-0.05, 0) is 50.3 Å². The van der Waals surface area contributed by atoms with Crippen molar-refractivity contribution >= 4 is 11.8 Å². The number of carbonyl (C=O) groups excluding carboxylic acids is 2. The van der Waals surface area contributed by atoms with Crippen LogP contribution in [0.3, 0.4) is 0 Å². The molecule has 0 N–H and O–H groups in total. The highest BCUT2D eigenvalue weighted by atomic mass is 16.5. The smallest absolute Gasteiger partial charge is 0.257 e. The summed E-state index contributed by atoms with van der Waals surface area (Å²) in [6, 6.07) is 5.39. The molecule has 0 spiro atoms. The van der Waals surface area contributed by atoms with Crippen molar-refractivity contribution in [3.05, 3.63) is 23.8 Å². The van der Waals surface area contributed by atoms with E-state index in [0.717, 1.165) is 64.6 Å². The largest absolute Gasteiger partial charge is 0.497 e. The normalized spacial score (nSPS) is 22.1. The van der Waals surface area contributed by atoms with Crippen LogP contribution in [0, 0.1) is 5.92 Å². The third-order valence-electron chi connectivity index (χ3n) is 6.49. The molecular formula is C24H34N2O5. The van der Waals surface area contributed by atoms with E-state index in [2.05, 4.69) is 0 Å². The van der Waals surface area contributed by atoms with Gasteiger partial charge >= 0.3 is 0 Å². The summed E-state index contributed by atoms with van der Waals surface area (Å²) in [5, 5.41) is 0. The summed E-state index contributed by atoms with van der Waals surface area (Å²) in [6.45, 7) is 2.77. The molecule has 3 fully saturated rings. The van der Waals surface area contributed by atoms with E-state index in [4.69, 9.17) is 14.2 Å². The highest BCUT2D eigenvalue weighted by molar-refractivity contribution is 5.97. The number of hydrogen-bond donors (Lipinski definition) is 0. The minimum absolute atomic E-state index is 0.00446. The van der Waals surface area contributed by atoms with Crippen LogP contribution in [0.25, 0.3) is 0 Å². The summed E-state index contributed by atoms with van der Waals surface area (Å²) in [7, 11) is 3.40. The standard InChI is InChI=1S/C24H34N2O5/c1-25(16-20-5-3-4-14-30-20)24(28)21-15-19(29-2)8-9-22(21)31-18-10-12-26(13-11-18)23(27)17-6-7-17/h8-9,15,17-18,20H,3-7,10-14,16H2,1-2H3/t20-/m1/s1. The van der Waals surface area contributed by atoms with E-state index in [1.54, 1.807) is 18.1 Å². The summed E-state index contributed by atoms with van der Waals surface area (Å²) in [5.41, 5.74) is 0.508. The van der Waals surface area contributed by atoms with Gasteiger partial charge in [0, 0.05) is 52.0 Å². The van der Waals surface area contributed by atoms with Crippen molar-refractivity contribution in [3.8, 4) is 11.5 Å². The Morgan fingerprint density at radius 2 is 1.90 bits per heavy atom. The highest BCUT2D eigenvalue weighted by Crippen LogP contribution is 2.33. The molecule has 1 aromatic rings. The predicted octanol–water partition coefficient (Wildman–Crippen LogP) is 3.12. The summed E-state index contributed by atoms with van der Waals surface area (Å²) in [6.07, 6.45) is 6.93. The van der Waals surface area contributed by atoms with E-state index in [1.165, 1.54) is 0 Å². The Morgan fingerprint density at radius 3 is 2.55 bits per heavy atom. The zero-order valence-corrected chi connectivity index (χ0v) is 18.7. The molecule has 3 aliphatic rings. The minimum Gasteiger partial charge on any atom is -0.497 e. The first-order valence-corrected chi connectivity index (χ1v) is 11.6. The third kappa shape index (κ3) is 5.50. The van der Waals surface area contributed by atoms with Crippen LogP contribution in [0.15, 0.2) is 18.2 Å². The van der Waals surface area contributed by atoms with Gasteiger partial charge in [0.2, 0.25) is 5.91 Å². The van der Waals surface area contributed by atoms with Crippen molar-refractivity contribution in [1.82, 2.24) is 9.80 Å². The van der Waals surface area contributed by atoms with Crippen molar-refractivity contribution < 1.29 is 23.8 Å². The van der Waals surface area contributed by atoms with Crippen LogP contribution in [0.4, 0.5) is 0 Å². The summed E-state index contributed by atoms with van der Waals surface area (Å²) >= 11 is 0. The average Bonchev–Trinajstić information content (AvgIpc) is 3.65. The number of piperidine rings is 1. The SMILES string of the molecule is COc1ccc(OC2CCN(C(=O)C3CC3)CC2)c(C(=O)N(C)C[C@H]2CCCCO2)c1. The van der Waals surface area contributed by atoms with Crippen LogP contribution in [-0.2, 0) is 9.53 Å². The van der Waals surface area contributed by atoms with E-state index in [9.17, 15) is 9.59 Å². The number of likely N-dealkylation sites (N-methyl/N-ethyl adjacent to an activating group) is 1. The number of benzene rings is 1. The number of amides is 2. The number of hydrogen-bond acceptors (Lipinski definition) is 5. The molecule has 2 amide bonds. The molecule has 170 valence electrons. The Kier molecular flexibility index (Phi) is 7.00. The molecule has 2 saturated heterocycles. The molecule has 1 aromatic carbocycles. The second-order valence-electron chi connectivity index (χ2n) is 8.95. The second-order valence-corrected chi connectivity index (χ2v) is 8.95. The molecule has 7 nitrogen and oxygen atoms in total. The lowest BCUT2D eigenvalue weighted by Gasteiger charge is -2.33. The first kappa shape index (κ1) is 21.9. The van der Waals surface area contributed by atoms with E-state index in [1.807, 2.05) is 24.1 Å². The van der Waals surface area contributed by atoms with Crippen LogP contribution >= 0.6 is 0 Å². The molecule has 2 heterocycles. The van der Waals surface area contributed by atoms with Gasteiger partial charge in [0.15, 0.2) is 0 Å². The maximum atomic E-state index is 13.3. The monoisotopic (exact) mass is 430 g/mol. The Labute approximate surface area is 184 Å². The fraction of sp³-hybridized carbons (Fsp3) is 0.667. The van der Waals surface area contributed by atoms with Crippen molar-refractivity contribution in [2.45, 2.75) is 57.2 Å². The fourth-order valence-electron chi connectivity index (χ4n) is 4.41. The van der Waals surface area contributed by atoms with E-state index >= 15 is 0 Å². The molecule has 1 saturated carbocycles. The second kappa shape index (κ2) is 9.90. The van der Waals surface area contributed by atoms with Gasteiger partial charge in [-0.1, -0.05) is 0 Å². The van der Waals surface area contributed by atoms with Crippen molar-refractivity contribution in [2.24, 2.45) is 5.92 Å². The maximum absolute atomic E-state index is 13.3. The molecule has 0 unspecified atom stereocenters. The van der Waals surface area contributed by atoms with Crippen LogP contribution in [-0.4, -0.2) is 74.2 Å². The summed E-state index contributed by atoms with van der Waals surface area (Å²) < 4.78 is 17.4. The van der Waals surface area contributed by atoms with Gasteiger partial charge in [-0.2, -0.15) is 0 Å². The Hall–Kier alpha value is -2.28. The topological polar surface area (TPSA) is 68.3 Å². The highest BCUT2D eigenvalue weighted by Gasteiger charge is 2.35. The molecule has 2 aliphatic heterocycles. The first-order valence-electron chi connectivity index (χ1n) is 11.6. The van der Waals surface area contributed by atoms with Crippen molar-refractivity contribution in [1.29, 1.82) is 0 Å². The average molecular weight is 431 g/mol. The number of nitrogens with zero attached hydrogens (tertiary/aromatic N) is 2. The van der Waals surface area contributed by atoms with Gasteiger partial charge in [-0.3, -0.25) is 9.59 Å². The molecule has 0 radical (unpaired) electrons. The number of rotatable bonds is 7. The van der Waals surface area contributed by atoms with Crippen molar-refractivity contribution in [2.75, 3.05) is 40.4 Å². The van der Waals surface area contributed by atoms with Gasteiger partial charge in [-0.25, -0.2) is 0 Å². The predicted molar refractivity (Wildman–Crippen MR) is 116 cm³/mol. The molecule has 1 aliphatic carbocycles. The molecule has 31 heavy (non-hydrogen) atoms. The van der Waals surface area contributed by atoms with E-state index in [0.29, 0.717) is 29.5 Å². The fourth-order valence-corrected chi connectivity index (χ4v) is 4.41. The minimum atomic E-state index is -0.0931. The van der Waals surface area contributed by atoms with Gasteiger partial charge in [0.25, 0.3) is 5.91 Å². The van der Waals surface area contributed by atoms with Crippen LogP contribution < -0.4 is 9.47 Å². The van der Waals surface area contributed by atoms with Crippen LogP contribution in [0.5, 0.6) is 11.5 Å².